The van der Waals surface area contributed by atoms with E-state index >= 15 is 0 Å². The number of esters is 1. The lowest BCUT2D eigenvalue weighted by Crippen LogP contribution is -2.66. The van der Waals surface area contributed by atoms with Gasteiger partial charge < -0.3 is 89.4 Å². The Balaban J connectivity index is 0.998. The molecule has 0 spiro atoms. The van der Waals surface area contributed by atoms with Gasteiger partial charge >= 0.3 is 11.9 Å². The molecule has 0 aromatic heterocycles. The molecule has 0 aromatic rings. The molecule has 8 aliphatic rings. The lowest BCUT2D eigenvalue weighted by atomic mass is 9.33. The van der Waals surface area contributed by atoms with Crippen molar-refractivity contribution in [3.8, 4) is 0 Å². The highest BCUT2D eigenvalue weighted by atomic mass is 16.8. The Bertz CT molecular complexity index is 1940. The van der Waals surface area contributed by atoms with Crippen molar-refractivity contribution in [2.75, 3.05) is 13.2 Å². The van der Waals surface area contributed by atoms with E-state index in [9.17, 15) is 70.6 Å². The topological polar surface area (TPSA) is 329 Å². The van der Waals surface area contributed by atoms with Crippen molar-refractivity contribution >= 4 is 18.2 Å². The molecule has 20 nitrogen and oxygen atoms in total. The number of carbonyl (C=O) groups excluding carboxylic acids is 2. The number of rotatable bonds is 10. The fraction of sp³-hybridized carbons (Fsp3) is 0.896. The third kappa shape index (κ3) is 7.86. The largest absolute Gasteiger partial charge is 0.481 e. The van der Waals surface area contributed by atoms with E-state index in [1.807, 2.05) is 6.92 Å². The first-order valence-electron chi connectivity index (χ1n) is 24.4. The molecule has 0 bridgehead atoms. The number of aldehydes is 1. The average Bonchev–Trinajstić information content (AvgIpc) is 3.30. The summed E-state index contributed by atoms with van der Waals surface area (Å²) in [6.07, 6.45) is -17.9. The van der Waals surface area contributed by atoms with Crippen molar-refractivity contribution < 1.29 is 99.0 Å². The molecule has 4 saturated carbocycles. The van der Waals surface area contributed by atoms with E-state index in [2.05, 4.69) is 26.8 Å². The van der Waals surface area contributed by atoms with Gasteiger partial charge in [0, 0.05) is 0 Å². The Morgan fingerprint density at radius 2 is 1.35 bits per heavy atom. The summed E-state index contributed by atoms with van der Waals surface area (Å²) in [6, 6.07) is 0. The van der Waals surface area contributed by atoms with Crippen LogP contribution in [0, 0.1) is 50.2 Å². The fourth-order valence-electron chi connectivity index (χ4n) is 14.7. The molecule has 0 aromatic carbocycles. The van der Waals surface area contributed by atoms with E-state index in [0.29, 0.717) is 25.7 Å². The van der Waals surface area contributed by atoms with Gasteiger partial charge in [0.05, 0.1) is 41.7 Å². The lowest BCUT2D eigenvalue weighted by molar-refractivity contribution is -0.361. The molecule has 386 valence electrons. The van der Waals surface area contributed by atoms with Crippen LogP contribution in [0.2, 0.25) is 0 Å². The van der Waals surface area contributed by atoms with Gasteiger partial charge in [-0.25, -0.2) is 0 Å². The highest BCUT2D eigenvalue weighted by Crippen LogP contribution is 2.76. The van der Waals surface area contributed by atoms with Gasteiger partial charge in [-0.2, -0.15) is 0 Å². The second-order valence-electron chi connectivity index (χ2n) is 22.9. The predicted molar refractivity (Wildman–Crippen MR) is 231 cm³/mol. The van der Waals surface area contributed by atoms with Crippen LogP contribution in [0.5, 0.6) is 0 Å². The molecule has 7 fully saturated rings. The Morgan fingerprint density at radius 3 is 2.01 bits per heavy atom. The molecular weight excluding hydrogens is 897 g/mol. The maximum absolute atomic E-state index is 15.0. The number of hydrogen-bond donors (Lipinski definition) is 11. The number of allylic oxidation sites excluding steroid dienone is 2. The van der Waals surface area contributed by atoms with E-state index in [4.69, 9.17) is 28.4 Å². The van der Waals surface area contributed by atoms with E-state index in [1.54, 1.807) is 6.92 Å². The van der Waals surface area contributed by atoms with Gasteiger partial charge in [-0.3, -0.25) is 9.59 Å². The number of carbonyl (C=O) groups is 3. The van der Waals surface area contributed by atoms with E-state index < -0.39 is 151 Å². The minimum Gasteiger partial charge on any atom is -0.481 e. The second-order valence-corrected chi connectivity index (χ2v) is 22.9. The van der Waals surface area contributed by atoms with Crippen molar-refractivity contribution in [1.29, 1.82) is 0 Å². The third-order valence-corrected chi connectivity index (χ3v) is 19.5. The first-order chi connectivity index (χ1) is 31.8. The Kier molecular flexibility index (Phi) is 14.1. The van der Waals surface area contributed by atoms with Gasteiger partial charge in [0.2, 0.25) is 6.29 Å². The monoisotopic (exact) mass is 970 g/mol. The molecule has 3 aliphatic heterocycles. The minimum absolute atomic E-state index is 0.0351. The van der Waals surface area contributed by atoms with Crippen molar-refractivity contribution in [2.24, 2.45) is 50.2 Å². The molecule has 3 heterocycles. The highest BCUT2D eigenvalue weighted by molar-refractivity contribution is 5.81. The summed E-state index contributed by atoms with van der Waals surface area (Å²) in [6.45, 7) is 10.3. The van der Waals surface area contributed by atoms with Crippen molar-refractivity contribution in [1.82, 2.24) is 0 Å². The summed E-state index contributed by atoms with van der Waals surface area (Å²) in [5.41, 5.74) is -3.40. The van der Waals surface area contributed by atoms with E-state index in [-0.39, 0.29) is 41.9 Å². The fourth-order valence-corrected chi connectivity index (χ4v) is 14.7. The van der Waals surface area contributed by atoms with Gasteiger partial charge in [-0.15, -0.1) is 0 Å². The quantitative estimate of drug-likeness (QED) is 0.0741. The SMILES string of the molecule is CC1OC(OC2C(CO)OC(OCC3OC(OC(=O)C45CCC(C)(C(=O)O)CC4C4=CCC6C7(C)CCC(O)C(C)(C=O)C7CCC6(C)C4(C)CC5)C(O)C(O)C3O)C(O)C2O)C(O)C(O)C1O. The summed E-state index contributed by atoms with van der Waals surface area (Å²) < 4.78 is 34.5. The van der Waals surface area contributed by atoms with Crippen LogP contribution >= 0.6 is 0 Å². The van der Waals surface area contributed by atoms with Crippen molar-refractivity contribution in [3.63, 3.8) is 0 Å². The van der Waals surface area contributed by atoms with Crippen LogP contribution < -0.4 is 0 Å². The number of fused-ring (bicyclic) bond motifs is 7. The maximum atomic E-state index is 15.0. The summed E-state index contributed by atoms with van der Waals surface area (Å²) in [5.74, 6) is -2.24. The number of carboxylic acid groups (broad SMARTS) is 1. The number of hydrogen-bond acceptors (Lipinski definition) is 19. The van der Waals surface area contributed by atoms with Crippen LogP contribution in [-0.2, 0) is 42.8 Å². The van der Waals surface area contributed by atoms with Gasteiger partial charge in [0.25, 0.3) is 0 Å². The molecule has 11 N–H and O–H groups in total. The van der Waals surface area contributed by atoms with Gasteiger partial charge in [0.15, 0.2) is 12.6 Å². The normalized spacial score (nSPS) is 54.8. The molecule has 5 aliphatic carbocycles. The van der Waals surface area contributed by atoms with Crippen LogP contribution in [0.25, 0.3) is 0 Å². The summed E-state index contributed by atoms with van der Waals surface area (Å²) >= 11 is 0. The van der Waals surface area contributed by atoms with Gasteiger partial charge in [-0.1, -0.05) is 39.3 Å². The molecular formula is C48H74O20. The number of carboxylic acids is 1. The first-order valence-corrected chi connectivity index (χ1v) is 24.4. The molecule has 8 rings (SSSR count). The van der Waals surface area contributed by atoms with Gasteiger partial charge in [0.1, 0.15) is 73.4 Å². The number of aliphatic hydroxyl groups is 10. The third-order valence-electron chi connectivity index (χ3n) is 19.5. The molecule has 68 heavy (non-hydrogen) atoms. The zero-order valence-corrected chi connectivity index (χ0v) is 39.7. The highest BCUT2D eigenvalue weighted by Gasteiger charge is 2.71. The van der Waals surface area contributed by atoms with Crippen LogP contribution in [0.3, 0.4) is 0 Å². The van der Waals surface area contributed by atoms with Crippen LogP contribution in [-0.4, -0.2) is 186 Å². The van der Waals surface area contributed by atoms with Crippen LogP contribution in [0.1, 0.15) is 106 Å². The Hall–Kier alpha value is -2.25. The lowest BCUT2D eigenvalue weighted by Gasteiger charge is -2.70. The molecule has 25 unspecified atom stereocenters. The first kappa shape index (κ1) is 52.1. The Morgan fingerprint density at radius 1 is 0.721 bits per heavy atom. The predicted octanol–water partition coefficient (Wildman–Crippen LogP) is -0.588. The molecule has 25 atom stereocenters. The average molecular weight is 971 g/mol. The maximum Gasteiger partial charge on any atom is 0.315 e. The molecule has 20 heteroatoms. The zero-order valence-electron chi connectivity index (χ0n) is 39.7. The number of ether oxygens (including phenoxy) is 6. The van der Waals surface area contributed by atoms with E-state index in [1.165, 1.54) is 6.92 Å². The standard InChI is InChI=1S/C48H74O20/c1-21-29(52)31(54)34(57)39(64-21)67-37-24(18-49)65-38(36(59)33(37)56)63-19-25-30(53)32(55)35(58)40(66-25)68-42(62)48-15-13-43(2,41(60)61)17-23(48)22-7-8-27-44(3)11-10-28(51)45(4,20-50)26(44)9-12-47(27,6)46(22,5)14-16-48/h7,20-21,23-40,49,51-59H,8-19H2,1-6H3,(H,60,61). The zero-order chi connectivity index (χ0) is 49.8. The number of aliphatic hydroxyl groups excluding tert-OH is 10. The summed E-state index contributed by atoms with van der Waals surface area (Å²) in [7, 11) is 0. The molecule has 0 radical (unpaired) electrons. The van der Waals surface area contributed by atoms with Crippen molar-refractivity contribution in [2.45, 2.75) is 204 Å². The molecule has 0 amide bonds. The summed E-state index contributed by atoms with van der Waals surface area (Å²) in [5, 5.41) is 118. The van der Waals surface area contributed by atoms with Crippen molar-refractivity contribution in [3.05, 3.63) is 11.6 Å². The van der Waals surface area contributed by atoms with Gasteiger partial charge in [-0.05, 0) is 112 Å². The minimum atomic E-state index is -1.94. The summed E-state index contributed by atoms with van der Waals surface area (Å²) in [4.78, 5) is 40.6. The molecule has 3 saturated heterocycles. The van der Waals surface area contributed by atoms with E-state index in [0.717, 1.165) is 31.1 Å². The van der Waals surface area contributed by atoms with Crippen LogP contribution in [0.4, 0.5) is 0 Å². The van der Waals surface area contributed by atoms with Crippen LogP contribution in [0.15, 0.2) is 11.6 Å². The number of aliphatic carboxylic acids is 1. The smallest absolute Gasteiger partial charge is 0.315 e. The Labute approximate surface area is 395 Å². The second kappa shape index (κ2) is 18.4.